The molecule has 11 heteroatoms. The van der Waals surface area contributed by atoms with Crippen molar-refractivity contribution in [3.8, 4) is 17.2 Å². The Morgan fingerprint density at radius 1 is 0.791 bits per heavy atom. The number of aromatic nitrogens is 2. The van der Waals surface area contributed by atoms with Crippen molar-refractivity contribution in [2.45, 2.75) is 50.6 Å². The molecule has 2 N–H and O–H groups in total. The van der Waals surface area contributed by atoms with E-state index < -0.39 is 11.6 Å². The Kier molecular flexibility index (Phi) is 10.1. The Morgan fingerprint density at radius 3 is 1.95 bits per heavy atom. The molecule has 2 aliphatic rings. The molecular formula is C32H42F2N6O3. The lowest BCUT2D eigenvalue weighted by atomic mass is 9.99. The quantitative estimate of drug-likeness (QED) is 0.319. The molecule has 0 amide bonds. The van der Waals surface area contributed by atoms with E-state index in [4.69, 9.17) is 14.2 Å². The van der Waals surface area contributed by atoms with Gasteiger partial charge in [0.25, 0.3) is 0 Å². The van der Waals surface area contributed by atoms with Crippen LogP contribution in [0.1, 0.15) is 36.8 Å². The number of likely N-dealkylation sites (tertiary alicyclic amines) is 1. The van der Waals surface area contributed by atoms with Crippen LogP contribution in [-0.4, -0.2) is 81.5 Å². The molecule has 9 nitrogen and oxygen atoms in total. The molecule has 5 rings (SSSR count). The minimum atomic E-state index is -0.730. The third-order valence-electron chi connectivity index (χ3n) is 8.50. The maximum absolute atomic E-state index is 14.7. The highest BCUT2D eigenvalue weighted by Crippen LogP contribution is 2.34. The summed E-state index contributed by atoms with van der Waals surface area (Å²) in [4.78, 5) is 13.6. The molecule has 0 spiro atoms. The van der Waals surface area contributed by atoms with Crippen LogP contribution >= 0.6 is 0 Å². The maximum Gasteiger partial charge on any atom is 0.227 e. The third kappa shape index (κ3) is 7.45. The van der Waals surface area contributed by atoms with Gasteiger partial charge in [-0.15, -0.1) is 0 Å². The van der Waals surface area contributed by atoms with E-state index in [1.165, 1.54) is 46.2 Å². The monoisotopic (exact) mass is 596 g/mol. The summed E-state index contributed by atoms with van der Waals surface area (Å²) in [6, 6.07) is 8.43. The molecule has 43 heavy (non-hydrogen) atoms. The molecule has 0 unspecified atom stereocenters. The zero-order valence-corrected chi connectivity index (χ0v) is 25.5. The number of piperidine rings is 2. The largest absolute Gasteiger partial charge is 0.495 e. The number of hydrogen-bond donors (Lipinski definition) is 2. The van der Waals surface area contributed by atoms with E-state index >= 15 is 0 Å². The van der Waals surface area contributed by atoms with Crippen molar-refractivity contribution in [2.75, 3.05) is 64.8 Å². The fourth-order valence-corrected chi connectivity index (χ4v) is 5.92. The number of anilines is 3. The van der Waals surface area contributed by atoms with Gasteiger partial charge >= 0.3 is 0 Å². The van der Waals surface area contributed by atoms with E-state index in [-0.39, 0.29) is 23.5 Å². The molecule has 0 radical (unpaired) electrons. The molecule has 0 bridgehead atoms. The van der Waals surface area contributed by atoms with Gasteiger partial charge in [0.1, 0.15) is 5.75 Å². The van der Waals surface area contributed by atoms with E-state index in [0.717, 1.165) is 48.6 Å². The van der Waals surface area contributed by atoms with Crippen LogP contribution < -0.4 is 29.7 Å². The van der Waals surface area contributed by atoms with Crippen molar-refractivity contribution in [2.24, 2.45) is 0 Å². The van der Waals surface area contributed by atoms with Gasteiger partial charge < -0.3 is 34.6 Å². The zero-order valence-electron chi connectivity index (χ0n) is 25.5. The average Bonchev–Trinajstić information content (AvgIpc) is 3.03. The SMILES string of the molecule is COc1cc(Nc2ncc(CCc3c(F)c(OC)cc(OC)c3F)cn2)ccc1N1CCC(NC2CCN(C)CC2)CC1. The van der Waals surface area contributed by atoms with E-state index in [1.807, 2.05) is 12.1 Å². The predicted molar refractivity (Wildman–Crippen MR) is 164 cm³/mol. The molecule has 1 aromatic heterocycles. The van der Waals surface area contributed by atoms with E-state index in [2.05, 4.69) is 43.5 Å². The van der Waals surface area contributed by atoms with Crippen LogP contribution in [0.4, 0.5) is 26.1 Å². The highest BCUT2D eigenvalue weighted by molar-refractivity contribution is 5.67. The lowest BCUT2D eigenvalue weighted by Gasteiger charge is -2.38. The molecule has 0 atom stereocenters. The highest BCUT2D eigenvalue weighted by Gasteiger charge is 2.25. The molecular weight excluding hydrogens is 554 g/mol. The van der Waals surface area contributed by atoms with Crippen LogP contribution in [-0.2, 0) is 12.8 Å². The standard InChI is InChI=1S/C32H42F2N6O3/c1-39-13-9-22(10-14-39)37-23-11-15-40(16-12-23)26-8-6-24(17-27(26)41-2)38-32-35-19-21(20-36-32)5-7-25-30(33)28(42-3)18-29(43-4)31(25)34/h6,8,17-20,22-23,37H,5,7,9-16H2,1-4H3,(H,35,36,38). The van der Waals surface area contributed by atoms with Crippen LogP contribution in [0.5, 0.6) is 17.2 Å². The summed E-state index contributed by atoms with van der Waals surface area (Å²) in [5.41, 5.74) is 2.53. The number of nitrogens with one attached hydrogen (secondary N) is 2. The Hall–Kier alpha value is -3.70. The number of hydrogen-bond acceptors (Lipinski definition) is 9. The summed E-state index contributed by atoms with van der Waals surface area (Å²) in [7, 11) is 6.55. The van der Waals surface area contributed by atoms with Crippen molar-refractivity contribution in [3.63, 3.8) is 0 Å². The first-order chi connectivity index (χ1) is 20.9. The van der Waals surface area contributed by atoms with Gasteiger partial charge in [-0.25, -0.2) is 18.7 Å². The van der Waals surface area contributed by atoms with Crippen molar-refractivity contribution in [3.05, 3.63) is 59.4 Å². The van der Waals surface area contributed by atoms with Crippen LogP contribution in [0.15, 0.2) is 36.7 Å². The van der Waals surface area contributed by atoms with Crippen molar-refractivity contribution in [1.82, 2.24) is 20.2 Å². The lowest BCUT2D eigenvalue weighted by molar-refractivity contribution is 0.217. The highest BCUT2D eigenvalue weighted by atomic mass is 19.1. The van der Waals surface area contributed by atoms with Gasteiger partial charge in [-0.1, -0.05) is 0 Å². The minimum Gasteiger partial charge on any atom is -0.495 e. The van der Waals surface area contributed by atoms with E-state index in [9.17, 15) is 8.78 Å². The number of methoxy groups -OCH3 is 3. The Morgan fingerprint density at radius 2 is 1.37 bits per heavy atom. The van der Waals surface area contributed by atoms with Gasteiger partial charge in [0.2, 0.25) is 5.95 Å². The van der Waals surface area contributed by atoms with Crippen molar-refractivity contribution < 1.29 is 23.0 Å². The molecule has 2 fully saturated rings. The maximum atomic E-state index is 14.7. The first-order valence-electron chi connectivity index (χ1n) is 14.9. The smallest absolute Gasteiger partial charge is 0.227 e. The van der Waals surface area contributed by atoms with Crippen molar-refractivity contribution >= 4 is 17.3 Å². The second kappa shape index (κ2) is 14.2. The summed E-state index contributed by atoms with van der Waals surface area (Å²) in [6.45, 7) is 4.31. The lowest BCUT2D eigenvalue weighted by Crippen LogP contribution is -2.49. The number of aryl methyl sites for hydroxylation is 1. The molecule has 2 aliphatic heterocycles. The van der Waals surface area contributed by atoms with Gasteiger partial charge in [-0.2, -0.15) is 0 Å². The van der Waals surface area contributed by atoms with Crippen LogP contribution in [0, 0.1) is 11.6 Å². The molecule has 2 saturated heterocycles. The fourth-order valence-electron chi connectivity index (χ4n) is 5.92. The third-order valence-corrected chi connectivity index (χ3v) is 8.50. The van der Waals surface area contributed by atoms with Gasteiger partial charge in [-0.3, -0.25) is 0 Å². The number of benzene rings is 2. The summed E-state index contributed by atoms with van der Waals surface area (Å²) in [5, 5.41) is 7.12. The van der Waals surface area contributed by atoms with Gasteiger partial charge in [0.15, 0.2) is 23.1 Å². The average molecular weight is 597 g/mol. The van der Waals surface area contributed by atoms with Crippen LogP contribution in [0.2, 0.25) is 0 Å². The van der Waals surface area contributed by atoms with Gasteiger partial charge in [-0.05, 0) is 76.4 Å². The number of nitrogens with zero attached hydrogens (tertiary/aromatic N) is 4. The molecule has 2 aromatic carbocycles. The topological polar surface area (TPSA) is 84.0 Å². The predicted octanol–water partition coefficient (Wildman–Crippen LogP) is 4.96. The normalized spacial score (nSPS) is 16.7. The first-order valence-corrected chi connectivity index (χ1v) is 14.9. The zero-order chi connectivity index (χ0) is 30.3. The molecule has 3 aromatic rings. The molecule has 0 saturated carbocycles. The molecule has 232 valence electrons. The molecule has 0 aliphatic carbocycles. The number of ether oxygens (including phenoxy) is 3. The Labute approximate surface area is 252 Å². The summed E-state index contributed by atoms with van der Waals surface area (Å²) in [6.07, 6.45) is 8.42. The van der Waals surface area contributed by atoms with Gasteiger partial charge in [0, 0.05) is 61.0 Å². The molecule has 3 heterocycles. The summed E-state index contributed by atoms with van der Waals surface area (Å²) in [5.74, 6) is -0.372. The Bertz CT molecular complexity index is 1330. The summed E-state index contributed by atoms with van der Waals surface area (Å²) >= 11 is 0. The van der Waals surface area contributed by atoms with E-state index in [1.54, 1.807) is 19.5 Å². The number of halogens is 2. The minimum absolute atomic E-state index is 0.0602. The number of rotatable bonds is 11. The first kappa shape index (κ1) is 30.7. The Balaban J connectivity index is 1.16. The van der Waals surface area contributed by atoms with Gasteiger partial charge in [0.05, 0.1) is 27.0 Å². The van der Waals surface area contributed by atoms with Crippen LogP contribution in [0.25, 0.3) is 0 Å². The second-order valence-electron chi connectivity index (χ2n) is 11.3. The van der Waals surface area contributed by atoms with Crippen LogP contribution in [0.3, 0.4) is 0 Å². The summed E-state index contributed by atoms with van der Waals surface area (Å²) < 4.78 is 45.2. The fraction of sp³-hybridized carbons (Fsp3) is 0.500. The second-order valence-corrected chi connectivity index (χ2v) is 11.3. The van der Waals surface area contributed by atoms with E-state index in [0.29, 0.717) is 24.5 Å². The van der Waals surface area contributed by atoms with Crippen molar-refractivity contribution in [1.29, 1.82) is 0 Å².